The highest BCUT2D eigenvalue weighted by molar-refractivity contribution is 7.20. The fourth-order valence-corrected chi connectivity index (χ4v) is 16.3. The third kappa shape index (κ3) is 6.13. The first-order chi connectivity index (χ1) is 31.7. The van der Waals surface area contributed by atoms with Crippen molar-refractivity contribution in [3.05, 3.63) is 230 Å². The van der Waals surface area contributed by atoms with Crippen molar-refractivity contribution in [1.29, 1.82) is 0 Å². The predicted octanol–water partition coefficient (Wildman–Crippen LogP) is 13.3. The van der Waals surface area contributed by atoms with Gasteiger partial charge in [-0.05, 0) is 115 Å². The zero-order valence-corrected chi connectivity index (χ0v) is 38.6. The lowest BCUT2D eigenvalue weighted by Crippen LogP contribution is -2.74. The number of nitrogens with zero attached hydrogens (tertiary/aromatic N) is 2. The Morgan fingerprint density at radius 2 is 0.785 bits per heavy atom. The van der Waals surface area contributed by atoms with E-state index < -0.39 is 8.07 Å². The molecule has 1 aliphatic carbocycles. The van der Waals surface area contributed by atoms with Gasteiger partial charge in [0.15, 0.2) is 8.07 Å². The Hall–Kier alpha value is -7.20. The lowest BCUT2D eigenvalue weighted by Gasteiger charge is -2.43. The molecule has 12 rings (SSSR count). The van der Waals surface area contributed by atoms with Gasteiger partial charge < -0.3 is 9.13 Å². The molecule has 0 saturated heterocycles. The number of para-hydroxylation sites is 2. The van der Waals surface area contributed by atoms with Crippen molar-refractivity contribution in [3.8, 4) is 22.5 Å². The zero-order valence-electron chi connectivity index (χ0n) is 37.6. The highest BCUT2D eigenvalue weighted by atomic mass is 28.3. The van der Waals surface area contributed by atoms with Crippen LogP contribution in [0.15, 0.2) is 218 Å². The van der Waals surface area contributed by atoms with Gasteiger partial charge >= 0.3 is 0 Å². The summed E-state index contributed by atoms with van der Waals surface area (Å²) in [6, 6.07) is 82.5. The fourth-order valence-electron chi connectivity index (χ4n) is 11.5. The van der Waals surface area contributed by atoms with E-state index in [9.17, 15) is 0 Å². The van der Waals surface area contributed by atoms with E-state index in [-0.39, 0.29) is 10.8 Å². The van der Waals surface area contributed by atoms with E-state index in [0.717, 1.165) is 11.4 Å². The third-order valence-corrected chi connectivity index (χ3v) is 19.7. The van der Waals surface area contributed by atoms with Gasteiger partial charge in [-0.2, -0.15) is 0 Å². The van der Waals surface area contributed by atoms with Crippen molar-refractivity contribution in [1.82, 2.24) is 9.13 Å². The largest absolute Gasteiger partial charge is 0.309 e. The van der Waals surface area contributed by atoms with E-state index >= 15 is 0 Å². The Morgan fingerprint density at radius 3 is 1.42 bits per heavy atom. The molecular formula is C62H52N2Si. The molecular weight excluding hydrogens is 801 g/mol. The summed E-state index contributed by atoms with van der Waals surface area (Å²) in [7, 11) is -2.88. The maximum Gasteiger partial charge on any atom is 0.179 e. The van der Waals surface area contributed by atoms with Gasteiger partial charge in [0.2, 0.25) is 0 Å². The number of fused-ring (bicyclic) bond motifs is 7. The average Bonchev–Trinajstić information content (AvgIpc) is 3.86. The first-order valence-electron chi connectivity index (χ1n) is 23.2. The van der Waals surface area contributed by atoms with Gasteiger partial charge in [-0.25, -0.2) is 0 Å². The Kier molecular flexibility index (Phi) is 9.05. The normalized spacial score (nSPS) is 14.6. The first kappa shape index (κ1) is 39.4. The smallest absolute Gasteiger partial charge is 0.179 e. The second kappa shape index (κ2) is 14.9. The summed E-state index contributed by atoms with van der Waals surface area (Å²) >= 11 is 0. The van der Waals surface area contributed by atoms with Crippen molar-refractivity contribution in [3.63, 3.8) is 0 Å². The van der Waals surface area contributed by atoms with Crippen molar-refractivity contribution >= 4 is 72.4 Å². The lowest BCUT2D eigenvalue weighted by molar-refractivity contribution is 0.332. The van der Waals surface area contributed by atoms with Crippen LogP contribution in [0.5, 0.6) is 0 Å². The van der Waals surface area contributed by atoms with Crippen LogP contribution in [0.4, 0.5) is 0 Å². The van der Waals surface area contributed by atoms with Crippen LogP contribution in [0.1, 0.15) is 51.7 Å². The van der Waals surface area contributed by atoms with Crippen molar-refractivity contribution in [2.75, 3.05) is 0 Å². The van der Waals surface area contributed by atoms with Gasteiger partial charge in [0.05, 0.1) is 22.1 Å². The average molecular weight is 853 g/mol. The van der Waals surface area contributed by atoms with E-state index in [4.69, 9.17) is 0 Å². The molecule has 2 aromatic heterocycles. The molecule has 0 unspecified atom stereocenters. The molecule has 1 aliphatic rings. The van der Waals surface area contributed by atoms with Gasteiger partial charge in [-0.3, -0.25) is 0 Å². The summed E-state index contributed by atoms with van der Waals surface area (Å²) < 4.78 is 4.92. The van der Waals surface area contributed by atoms with Crippen LogP contribution in [-0.2, 0) is 10.8 Å². The Labute approximate surface area is 383 Å². The maximum atomic E-state index is 2.64. The highest BCUT2D eigenvalue weighted by Gasteiger charge is 2.44. The quantitative estimate of drug-likeness (QED) is 0.112. The van der Waals surface area contributed by atoms with E-state index in [1.807, 2.05) is 0 Å². The van der Waals surface area contributed by atoms with E-state index in [0.29, 0.717) is 0 Å². The lowest BCUT2D eigenvalue weighted by atomic mass is 9.63. The first-order valence-corrected chi connectivity index (χ1v) is 25.2. The number of hydrogen-bond donors (Lipinski definition) is 0. The molecule has 0 N–H and O–H groups in total. The Balaban J connectivity index is 1.09. The van der Waals surface area contributed by atoms with E-state index in [2.05, 4.69) is 255 Å². The number of aromatic nitrogens is 2. The van der Waals surface area contributed by atoms with Crippen molar-refractivity contribution in [2.24, 2.45) is 0 Å². The topological polar surface area (TPSA) is 9.86 Å². The standard InChI is InChI=1S/C62H52N2Si/c1-61(2)37-38-62(3,4)56-42-50(32-34-55(56)61)65(47-23-10-6-11-24-47,48-25-12-7-13-26-48)49-33-36-60-54(41-49)52-28-15-17-30-58(52)64(60)46-31-35-59-53(40-46)51-27-14-16-29-57(51)63(59)45-22-18-21-44(39-45)43-19-8-5-9-20-43/h5-36,39-42H,37-38H2,1-4H3. The molecule has 0 bridgehead atoms. The molecule has 2 heterocycles. The summed E-state index contributed by atoms with van der Waals surface area (Å²) in [4.78, 5) is 0. The fraction of sp³-hybridized carbons (Fsp3) is 0.129. The van der Waals surface area contributed by atoms with Crippen molar-refractivity contribution in [2.45, 2.75) is 51.4 Å². The van der Waals surface area contributed by atoms with Crippen LogP contribution >= 0.6 is 0 Å². The molecule has 0 fully saturated rings. The van der Waals surface area contributed by atoms with Gasteiger partial charge in [0.1, 0.15) is 0 Å². The summed E-state index contributed by atoms with van der Waals surface area (Å²) in [5, 5.41) is 10.7. The molecule has 65 heavy (non-hydrogen) atoms. The van der Waals surface area contributed by atoms with Crippen LogP contribution in [0.25, 0.3) is 66.1 Å². The predicted molar refractivity (Wildman–Crippen MR) is 279 cm³/mol. The molecule has 314 valence electrons. The second-order valence-electron chi connectivity index (χ2n) is 19.6. The molecule has 0 amide bonds. The molecule has 0 radical (unpaired) electrons. The zero-order chi connectivity index (χ0) is 43.9. The van der Waals surface area contributed by atoms with Crippen molar-refractivity contribution < 1.29 is 0 Å². The minimum Gasteiger partial charge on any atom is -0.309 e. The molecule has 0 spiro atoms. The minimum absolute atomic E-state index is 0.0887. The summed E-state index contributed by atoms with van der Waals surface area (Å²) in [5.41, 5.74) is 12.8. The summed E-state index contributed by atoms with van der Waals surface area (Å²) in [5.74, 6) is 0. The van der Waals surface area contributed by atoms with Crippen LogP contribution in [0, 0.1) is 0 Å². The number of hydrogen-bond acceptors (Lipinski definition) is 0. The molecule has 11 aromatic rings. The minimum atomic E-state index is -2.88. The number of benzene rings is 9. The summed E-state index contributed by atoms with van der Waals surface area (Å²) in [6.07, 6.45) is 2.38. The SMILES string of the molecule is CC1(C)CCC(C)(C)c2cc([Si](c3ccccc3)(c3ccccc3)c3ccc4c(c3)c3ccccc3n4-c3ccc4c(c3)c3ccccc3n4-c3cccc(-c4ccccc4)c3)ccc21. The Bertz CT molecular complexity index is 3550. The van der Waals surface area contributed by atoms with Crippen LogP contribution in [-0.4, -0.2) is 17.2 Å². The van der Waals surface area contributed by atoms with Gasteiger partial charge in [-0.1, -0.05) is 198 Å². The monoisotopic (exact) mass is 852 g/mol. The van der Waals surface area contributed by atoms with E-state index in [1.54, 1.807) is 0 Å². The van der Waals surface area contributed by atoms with Gasteiger partial charge in [0, 0.05) is 32.9 Å². The summed E-state index contributed by atoms with van der Waals surface area (Å²) in [6.45, 7) is 9.78. The molecule has 0 atom stereocenters. The molecule has 0 saturated carbocycles. The second-order valence-corrected chi connectivity index (χ2v) is 23.4. The Morgan fingerprint density at radius 1 is 0.323 bits per heavy atom. The molecule has 3 heteroatoms. The molecule has 0 aliphatic heterocycles. The van der Waals surface area contributed by atoms with Gasteiger partial charge in [0.25, 0.3) is 0 Å². The van der Waals surface area contributed by atoms with Crippen LogP contribution in [0.2, 0.25) is 0 Å². The van der Waals surface area contributed by atoms with Gasteiger partial charge in [-0.15, -0.1) is 0 Å². The molecule has 2 nitrogen and oxygen atoms in total. The highest BCUT2D eigenvalue weighted by Crippen LogP contribution is 2.46. The van der Waals surface area contributed by atoms with Crippen LogP contribution in [0.3, 0.4) is 0 Å². The van der Waals surface area contributed by atoms with E-state index in [1.165, 1.54) is 99.5 Å². The number of rotatable bonds is 7. The third-order valence-electron chi connectivity index (χ3n) is 14.9. The maximum absolute atomic E-state index is 2.88. The molecule has 9 aromatic carbocycles. The van der Waals surface area contributed by atoms with Crippen LogP contribution < -0.4 is 20.7 Å².